The number of aromatic nitrogens is 5. The summed E-state index contributed by atoms with van der Waals surface area (Å²) >= 11 is 1.73. The number of carbonyl (C=O) groups excluding carboxylic acids is 1. The van der Waals surface area contributed by atoms with Gasteiger partial charge in [-0.2, -0.15) is 18.8 Å². The van der Waals surface area contributed by atoms with E-state index in [4.69, 9.17) is 19.7 Å². The standard InChI is InChI=1S/C45H42F3N9O4S.H2S/c1-26-27(2)62-43-39(26)40(50-36(23-59-4)41-54-51-28(3)57(41)43)31-9-7-29(8-10-31)5-6-30-20-44(21-30)24-56(25-44)38-14-13-35(52-53-38)42(58)55-17-15-33(16-18-55)60-34-12-11-32(22-49)37(19-34)61-45(46,47)48;/h7-14,19,30,33,36H,15-18,20-21,23-25H2,1-4H3;1H2. The van der Waals surface area contributed by atoms with Crippen molar-refractivity contribution in [3.8, 4) is 34.4 Å². The van der Waals surface area contributed by atoms with E-state index in [1.165, 1.54) is 22.6 Å². The molecule has 63 heavy (non-hydrogen) atoms. The summed E-state index contributed by atoms with van der Waals surface area (Å²) in [5.41, 5.74) is 5.41. The number of anilines is 1. The van der Waals surface area contributed by atoms with E-state index in [0.29, 0.717) is 38.5 Å². The summed E-state index contributed by atoms with van der Waals surface area (Å²) in [6.45, 7) is 9.14. The van der Waals surface area contributed by atoms with Crippen LogP contribution in [0.1, 0.15) is 86.6 Å². The Bertz CT molecular complexity index is 2660. The molecule has 2 aromatic carbocycles. The van der Waals surface area contributed by atoms with Crippen molar-refractivity contribution < 1.29 is 32.2 Å². The minimum atomic E-state index is -4.94. The quantitative estimate of drug-likeness (QED) is 0.145. The lowest BCUT2D eigenvalue weighted by Gasteiger charge is -2.58. The van der Waals surface area contributed by atoms with Crippen LogP contribution in [0.4, 0.5) is 19.0 Å². The zero-order valence-corrected chi connectivity index (χ0v) is 36.8. The molecule has 13 nitrogen and oxygen atoms in total. The molecule has 9 rings (SSSR count). The van der Waals surface area contributed by atoms with Crippen LogP contribution >= 0.6 is 24.8 Å². The number of benzene rings is 2. The fourth-order valence-electron chi connectivity index (χ4n) is 8.84. The summed E-state index contributed by atoms with van der Waals surface area (Å²) < 4.78 is 56.0. The second-order valence-electron chi connectivity index (χ2n) is 16.4. The second-order valence-corrected chi connectivity index (χ2v) is 17.6. The summed E-state index contributed by atoms with van der Waals surface area (Å²) in [4.78, 5) is 23.6. The second kappa shape index (κ2) is 17.3. The molecule has 1 saturated carbocycles. The molecular weight excluding hydrogens is 852 g/mol. The largest absolute Gasteiger partial charge is 0.573 e. The van der Waals surface area contributed by atoms with Crippen molar-refractivity contribution >= 4 is 42.3 Å². The highest BCUT2D eigenvalue weighted by Gasteiger charge is 2.52. The van der Waals surface area contributed by atoms with Crippen LogP contribution in [0, 0.1) is 55.3 Å². The number of hydrogen-bond acceptors (Lipinski definition) is 12. The topological polar surface area (TPSA) is 144 Å². The lowest BCUT2D eigenvalue weighted by Crippen LogP contribution is -2.62. The molecule has 5 aromatic rings. The Morgan fingerprint density at radius 2 is 1.73 bits per heavy atom. The van der Waals surface area contributed by atoms with Crippen LogP contribution in [0.2, 0.25) is 0 Å². The summed E-state index contributed by atoms with van der Waals surface area (Å²) in [6, 6.07) is 17.0. The number of thiophene rings is 1. The number of likely N-dealkylation sites (tertiary alicyclic amines) is 1. The Morgan fingerprint density at radius 3 is 2.40 bits per heavy atom. The maximum atomic E-state index is 13.3. The van der Waals surface area contributed by atoms with Gasteiger partial charge in [-0.3, -0.25) is 14.4 Å². The Balaban J connectivity index is 0.00000544. The van der Waals surface area contributed by atoms with Crippen molar-refractivity contribution in [1.82, 2.24) is 29.9 Å². The van der Waals surface area contributed by atoms with Crippen molar-refractivity contribution in [3.63, 3.8) is 0 Å². The molecule has 0 bridgehead atoms. The number of rotatable bonds is 8. The molecule has 1 unspecified atom stereocenters. The minimum absolute atomic E-state index is 0. The maximum absolute atomic E-state index is 13.3. The number of halogens is 3. The molecule has 3 aliphatic heterocycles. The monoisotopic (exact) mass is 895 g/mol. The zero-order valence-electron chi connectivity index (χ0n) is 35.0. The van der Waals surface area contributed by atoms with E-state index in [1.807, 2.05) is 13.0 Å². The lowest BCUT2D eigenvalue weighted by molar-refractivity contribution is -0.274. The fraction of sp³-hybridized carbons (Fsp3) is 0.400. The number of aryl methyl sites for hydroxylation is 2. The van der Waals surface area contributed by atoms with E-state index >= 15 is 0 Å². The first-order valence-corrected chi connectivity index (χ1v) is 21.2. The number of nitriles is 1. The average Bonchev–Trinajstić information content (AvgIpc) is 3.70. The molecule has 1 aliphatic carbocycles. The number of hydrogen-bond donors (Lipinski definition) is 0. The average molecular weight is 896 g/mol. The smallest absolute Gasteiger partial charge is 0.490 e. The third-order valence-corrected chi connectivity index (χ3v) is 13.3. The van der Waals surface area contributed by atoms with E-state index in [0.717, 1.165) is 76.9 Å². The third-order valence-electron chi connectivity index (χ3n) is 12.1. The number of piperidine rings is 1. The lowest BCUT2D eigenvalue weighted by atomic mass is 9.58. The molecule has 18 heteroatoms. The molecule has 0 radical (unpaired) electrons. The van der Waals surface area contributed by atoms with Crippen LogP contribution in [0.5, 0.6) is 11.5 Å². The van der Waals surface area contributed by atoms with E-state index in [2.05, 4.69) is 84.6 Å². The van der Waals surface area contributed by atoms with Crippen LogP contribution in [-0.4, -0.2) is 93.8 Å². The van der Waals surface area contributed by atoms with E-state index in [-0.39, 0.29) is 54.0 Å². The van der Waals surface area contributed by atoms with Gasteiger partial charge in [-0.15, -0.1) is 44.9 Å². The van der Waals surface area contributed by atoms with Gasteiger partial charge >= 0.3 is 6.36 Å². The van der Waals surface area contributed by atoms with Crippen molar-refractivity contribution in [1.29, 1.82) is 5.26 Å². The van der Waals surface area contributed by atoms with E-state index < -0.39 is 12.1 Å². The van der Waals surface area contributed by atoms with Gasteiger partial charge in [0, 0.05) is 85.1 Å². The Hall–Kier alpha value is -5.95. The maximum Gasteiger partial charge on any atom is 0.573 e. The number of fused-ring (bicyclic) bond motifs is 3. The third kappa shape index (κ3) is 8.72. The van der Waals surface area contributed by atoms with Gasteiger partial charge in [0.25, 0.3) is 5.91 Å². The summed E-state index contributed by atoms with van der Waals surface area (Å²) in [5.74, 6) is 8.87. The fourth-order valence-corrected chi connectivity index (χ4v) is 10.1. The van der Waals surface area contributed by atoms with Crippen LogP contribution in [0.3, 0.4) is 0 Å². The van der Waals surface area contributed by atoms with Crippen LogP contribution in [0.15, 0.2) is 59.6 Å². The van der Waals surface area contributed by atoms with E-state index in [9.17, 15) is 18.0 Å². The molecule has 1 amide bonds. The van der Waals surface area contributed by atoms with Gasteiger partial charge < -0.3 is 24.0 Å². The molecule has 4 aliphatic rings. The highest BCUT2D eigenvalue weighted by atomic mass is 32.1. The van der Waals surface area contributed by atoms with Gasteiger partial charge in [0.1, 0.15) is 34.8 Å². The number of amides is 1. The molecule has 6 heterocycles. The van der Waals surface area contributed by atoms with Crippen LogP contribution in [0.25, 0.3) is 5.00 Å². The first kappa shape index (κ1) is 43.7. The van der Waals surface area contributed by atoms with Gasteiger partial charge in [-0.25, -0.2) is 0 Å². The van der Waals surface area contributed by atoms with Crippen molar-refractivity contribution in [3.05, 3.63) is 105 Å². The summed E-state index contributed by atoms with van der Waals surface area (Å²) in [5, 5.41) is 27.7. The molecule has 0 N–H and O–H groups in total. The molecule has 3 fully saturated rings. The number of methoxy groups -OCH3 is 1. The normalized spacial score (nSPS) is 18.0. The summed E-state index contributed by atoms with van der Waals surface area (Å²) in [6.07, 6.45) is -2.29. The Kier molecular flexibility index (Phi) is 12.0. The van der Waals surface area contributed by atoms with Crippen LogP contribution < -0.4 is 14.4 Å². The predicted octanol–water partition coefficient (Wildman–Crippen LogP) is 7.42. The number of alkyl halides is 3. The number of ether oxygens (including phenoxy) is 3. The SMILES string of the molecule is COCC1N=C(c2ccc(C#CC3CC4(C3)CN(c3ccc(C(=O)N5CCC(Oc6ccc(C#N)c(OC(F)(F)F)c6)CC5)nn3)C4)cc2)c2c(sc(C)c2C)-n2c(C)nnc21.S. The molecule has 3 aromatic heterocycles. The minimum Gasteiger partial charge on any atom is -0.490 e. The van der Waals surface area contributed by atoms with Crippen molar-refractivity contribution in [2.24, 2.45) is 16.3 Å². The number of nitrogens with zero attached hydrogens (tertiary/aromatic N) is 9. The van der Waals surface area contributed by atoms with E-state index in [1.54, 1.807) is 35.5 Å². The molecular formula is C45H44F3N9O4S2. The first-order valence-electron chi connectivity index (χ1n) is 20.4. The number of carbonyl (C=O) groups is 1. The molecule has 326 valence electrons. The zero-order chi connectivity index (χ0) is 43.3. The summed E-state index contributed by atoms with van der Waals surface area (Å²) in [7, 11) is 1.68. The van der Waals surface area contributed by atoms with Gasteiger partial charge in [0.15, 0.2) is 23.1 Å². The molecule has 1 spiro atoms. The Labute approximate surface area is 373 Å². The van der Waals surface area contributed by atoms with Crippen LogP contribution in [-0.2, 0) is 4.74 Å². The van der Waals surface area contributed by atoms with Gasteiger partial charge in [0.05, 0.1) is 17.9 Å². The first-order chi connectivity index (χ1) is 29.8. The molecule has 2 saturated heterocycles. The van der Waals surface area contributed by atoms with Gasteiger partial charge in [0.2, 0.25) is 0 Å². The van der Waals surface area contributed by atoms with Crippen molar-refractivity contribution in [2.75, 3.05) is 44.8 Å². The Morgan fingerprint density at radius 1 is 0.984 bits per heavy atom. The highest BCUT2D eigenvalue weighted by molar-refractivity contribution is 7.59. The molecule has 1 atom stereocenters. The highest BCUT2D eigenvalue weighted by Crippen LogP contribution is 2.52. The van der Waals surface area contributed by atoms with Gasteiger partial charge in [-0.1, -0.05) is 24.0 Å². The predicted molar refractivity (Wildman–Crippen MR) is 234 cm³/mol. The van der Waals surface area contributed by atoms with Crippen molar-refractivity contribution in [2.45, 2.75) is 65.0 Å². The number of aliphatic imine (C=N–C) groups is 1. The van der Waals surface area contributed by atoms with Gasteiger partial charge in [-0.05, 0) is 75.6 Å².